The van der Waals surface area contributed by atoms with Gasteiger partial charge in [0.1, 0.15) is 0 Å². The average Bonchev–Trinajstić information content (AvgIpc) is 3.42. The molecule has 0 bridgehead atoms. The molecule has 30 heavy (non-hydrogen) atoms. The third-order valence-electron chi connectivity index (χ3n) is 5.67. The van der Waals surface area contributed by atoms with Crippen molar-refractivity contribution < 1.29 is 9.32 Å². The lowest BCUT2D eigenvalue weighted by Gasteiger charge is -2.36. The summed E-state index contributed by atoms with van der Waals surface area (Å²) in [7, 11) is 0. The molecule has 1 aliphatic heterocycles. The summed E-state index contributed by atoms with van der Waals surface area (Å²) in [5, 5.41) is 9.15. The highest BCUT2D eigenvalue weighted by molar-refractivity contribution is 7.10. The number of hydrogen-bond acceptors (Lipinski definition) is 5. The number of amides is 1. The monoisotopic (exact) mass is 445 g/mol. The second kappa shape index (κ2) is 10.2. The lowest BCUT2D eigenvalue weighted by Crippen LogP contribution is -2.41. The van der Waals surface area contributed by atoms with E-state index in [-0.39, 0.29) is 24.4 Å². The van der Waals surface area contributed by atoms with Crippen LogP contribution >= 0.6 is 23.7 Å². The Morgan fingerprint density at radius 1 is 1.27 bits per heavy atom. The highest BCUT2D eigenvalue weighted by Crippen LogP contribution is 2.29. The van der Waals surface area contributed by atoms with Crippen LogP contribution in [0.1, 0.15) is 46.7 Å². The van der Waals surface area contributed by atoms with Gasteiger partial charge in [0.2, 0.25) is 0 Å². The second-order valence-corrected chi connectivity index (χ2v) is 8.88. The number of aromatic nitrogens is 1. The topological polar surface area (TPSA) is 58.4 Å². The molecule has 1 amide bonds. The molecule has 1 N–H and O–H groups in total. The lowest BCUT2D eigenvalue weighted by molar-refractivity contribution is 0.0906. The van der Waals surface area contributed by atoms with Gasteiger partial charge >= 0.3 is 0 Å². The predicted octanol–water partition coefficient (Wildman–Crippen LogP) is 5.34. The molecule has 0 aliphatic carbocycles. The van der Waals surface area contributed by atoms with Gasteiger partial charge < -0.3 is 9.84 Å². The number of nitrogens with zero attached hydrogens (tertiary/aromatic N) is 2. The summed E-state index contributed by atoms with van der Waals surface area (Å²) in [5.41, 5.74) is 2.41. The number of benzene rings is 1. The molecule has 0 spiro atoms. The summed E-state index contributed by atoms with van der Waals surface area (Å²) in [5.74, 6) is 1.19. The maximum absolute atomic E-state index is 12.7. The number of carbonyl (C=O) groups is 1. The molecule has 7 heteroatoms. The molecule has 3 aromatic rings. The van der Waals surface area contributed by atoms with E-state index in [1.165, 1.54) is 23.3 Å². The van der Waals surface area contributed by atoms with Crippen LogP contribution in [0.3, 0.4) is 0 Å². The van der Waals surface area contributed by atoms with Crippen LogP contribution in [0.4, 0.5) is 0 Å². The van der Waals surface area contributed by atoms with Crippen LogP contribution in [-0.4, -0.2) is 35.6 Å². The Morgan fingerprint density at radius 3 is 2.67 bits per heavy atom. The average molecular weight is 446 g/mol. The maximum Gasteiger partial charge on any atom is 0.273 e. The Balaban J connectivity index is 0.00000256. The van der Waals surface area contributed by atoms with Gasteiger partial charge in [-0.25, -0.2) is 0 Å². The van der Waals surface area contributed by atoms with Crippen LogP contribution in [0.15, 0.2) is 52.4 Å². The van der Waals surface area contributed by atoms with E-state index < -0.39 is 0 Å². The number of aryl methyl sites for hydroxylation is 1. The van der Waals surface area contributed by atoms with Crippen molar-refractivity contribution in [1.29, 1.82) is 0 Å². The number of thiophene rings is 1. The Hall–Kier alpha value is -2.15. The van der Waals surface area contributed by atoms with Crippen LogP contribution in [0.25, 0.3) is 11.3 Å². The van der Waals surface area contributed by atoms with Gasteiger partial charge in [0.15, 0.2) is 11.5 Å². The van der Waals surface area contributed by atoms with Crippen LogP contribution in [-0.2, 0) is 0 Å². The van der Waals surface area contributed by atoms with Gasteiger partial charge in [0.05, 0.1) is 6.04 Å². The zero-order chi connectivity index (χ0) is 20.2. The maximum atomic E-state index is 12.7. The van der Waals surface area contributed by atoms with Crippen LogP contribution < -0.4 is 5.32 Å². The summed E-state index contributed by atoms with van der Waals surface area (Å²) in [6.07, 6.45) is 2.41. The summed E-state index contributed by atoms with van der Waals surface area (Å²) in [6.45, 7) is 7.06. The largest absolute Gasteiger partial charge is 0.355 e. The molecular formula is C23H28ClN3O2S. The fourth-order valence-electron chi connectivity index (χ4n) is 3.75. The van der Waals surface area contributed by atoms with Crippen LogP contribution in [0.2, 0.25) is 0 Å². The van der Waals surface area contributed by atoms with Gasteiger partial charge in [0, 0.05) is 23.1 Å². The quantitative estimate of drug-likeness (QED) is 0.556. The van der Waals surface area contributed by atoms with Crippen molar-refractivity contribution in [2.45, 2.75) is 32.7 Å². The molecule has 1 fully saturated rings. The highest BCUT2D eigenvalue weighted by atomic mass is 35.5. The molecule has 1 aromatic carbocycles. The number of hydrogen-bond donors (Lipinski definition) is 1. The van der Waals surface area contributed by atoms with Gasteiger partial charge in [-0.2, -0.15) is 0 Å². The van der Waals surface area contributed by atoms with E-state index in [0.29, 0.717) is 18.0 Å². The van der Waals surface area contributed by atoms with Crippen LogP contribution in [0, 0.1) is 12.8 Å². The highest BCUT2D eigenvalue weighted by Gasteiger charge is 2.26. The standard InChI is InChI=1S/C23H27N3O2S.ClH/c1-16-5-7-18(8-6-16)21-14-19(25-28-21)23(27)24-15-20(22-4-3-13-29-22)26-11-9-17(2)10-12-26;/h3-8,13-14,17,20H,9-12,15H2,1-2H3,(H,24,27);1H. The zero-order valence-electron chi connectivity index (χ0n) is 17.3. The Bertz CT molecular complexity index is 932. The van der Waals surface area contributed by atoms with Crippen LogP contribution in [0.5, 0.6) is 0 Å². The van der Waals surface area contributed by atoms with Gasteiger partial charge in [-0.15, -0.1) is 23.7 Å². The molecule has 1 atom stereocenters. The Morgan fingerprint density at radius 2 is 2.00 bits per heavy atom. The fraction of sp³-hybridized carbons (Fsp3) is 0.391. The van der Waals surface area contributed by atoms with E-state index in [0.717, 1.165) is 24.6 Å². The second-order valence-electron chi connectivity index (χ2n) is 7.90. The molecular weight excluding hydrogens is 418 g/mol. The van der Waals surface area contributed by atoms with E-state index in [1.54, 1.807) is 17.4 Å². The zero-order valence-corrected chi connectivity index (χ0v) is 19.0. The van der Waals surface area contributed by atoms with Crippen molar-refractivity contribution in [2.75, 3.05) is 19.6 Å². The van der Waals surface area contributed by atoms with E-state index in [9.17, 15) is 4.79 Å². The molecule has 1 unspecified atom stereocenters. The van der Waals surface area contributed by atoms with Gasteiger partial charge in [-0.1, -0.05) is 48.0 Å². The Labute approximate surface area is 187 Å². The fourth-order valence-corrected chi connectivity index (χ4v) is 4.61. The number of halogens is 1. The summed E-state index contributed by atoms with van der Waals surface area (Å²) < 4.78 is 5.40. The van der Waals surface area contributed by atoms with Crippen molar-refractivity contribution in [2.24, 2.45) is 5.92 Å². The third kappa shape index (κ3) is 5.31. The molecule has 5 nitrogen and oxygen atoms in total. The minimum Gasteiger partial charge on any atom is -0.355 e. The normalized spacial score (nSPS) is 16.1. The lowest BCUT2D eigenvalue weighted by atomic mass is 9.97. The van der Waals surface area contributed by atoms with E-state index >= 15 is 0 Å². The molecule has 160 valence electrons. The number of likely N-dealkylation sites (tertiary alicyclic amines) is 1. The van der Waals surface area contributed by atoms with Gasteiger partial charge in [-0.3, -0.25) is 9.69 Å². The minimum absolute atomic E-state index is 0. The van der Waals surface area contributed by atoms with Crippen molar-refractivity contribution in [3.8, 4) is 11.3 Å². The van der Waals surface area contributed by atoms with Crippen molar-refractivity contribution in [1.82, 2.24) is 15.4 Å². The summed E-state index contributed by atoms with van der Waals surface area (Å²) >= 11 is 1.75. The van der Waals surface area contributed by atoms with Crippen molar-refractivity contribution in [3.05, 3.63) is 64.0 Å². The first kappa shape index (κ1) is 22.5. The molecule has 4 rings (SSSR count). The molecule has 0 radical (unpaired) electrons. The first-order chi connectivity index (χ1) is 14.1. The smallest absolute Gasteiger partial charge is 0.273 e. The number of nitrogens with one attached hydrogen (secondary N) is 1. The molecule has 1 aliphatic rings. The van der Waals surface area contributed by atoms with Crippen molar-refractivity contribution in [3.63, 3.8) is 0 Å². The first-order valence-electron chi connectivity index (χ1n) is 10.2. The van der Waals surface area contributed by atoms with E-state index in [2.05, 4.69) is 39.8 Å². The van der Waals surface area contributed by atoms with Crippen molar-refractivity contribution >= 4 is 29.7 Å². The summed E-state index contributed by atoms with van der Waals surface area (Å²) in [6, 6.07) is 14.1. The number of rotatable bonds is 6. The number of carbonyl (C=O) groups excluding carboxylic acids is 1. The molecule has 2 aromatic heterocycles. The molecule has 1 saturated heterocycles. The van der Waals surface area contributed by atoms with E-state index in [1.807, 2.05) is 31.2 Å². The third-order valence-corrected chi connectivity index (χ3v) is 6.64. The molecule has 3 heterocycles. The van der Waals surface area contributed by atoms with E-state index in [4.69, 9.17) is 4.52 Å². The summed E-state index contributed by atoms with van der Waals surface area (Å²) in [4.78, 5) is 16.5. The SMILES string of the molecule is Cc1ccc(-c2cc(C(=O)NCC(c3cccs3)N3CCC(C)CC3)no2)cc1.Cl. The first-order valence-corrected chi connectivity index (χ1v) is 11.1. The Kier molecular flexibility index (Phi) is 7.69. The number of piperidine rings is 1. The predicted molar refractivity (Wildman–Crippen MR) is 123 cm³/mol. The van der Waals surface area contributed by atoms with Gasteiger partial charge in [0.25, 0.3) is 5.91 Å². The molecule has 0 saturated carbocycles. The van der Waals surface area contributed by atoms with Gasteiger partial charge in [-0.05, 0) is 50.2 Å². The minimum atomic E-state index is -0.195.